The molecular weight excluding hydrogens is 891 g/mol. The smallest absolute Gasteiger partial charge is 0.0714 e. The highest BCUT2D eigenvalue weighted by atomic mass is 15.1. The first-order valence-electron chi connectivity index (χ1n) is 25.6. The highest BCUT2D eigenvalue weighted by Crippen LogP contribution is 2.58. The number of rotatable bonds is 11. The van der Waals surface area contributed by atoms with Crippen LogP contribution in [0.5, 0.6) is 0 Å². The van der Waals surface area contributed by atoms with Crippen LogP contribution in [0.25, 0.3) is 77.9 Å². The van der Waals surface area contributed by atoms with Crippen LogP contribution in [0.2, 0.25) is 0 Å². The van der Waals surface area contributed by atoms with Gasteiger partial charge in [0, 0.05) is 16.9 Å². The van der Waals surface area contributed by atoms with Gasteiger partial charge in [-0.3, -0.25) is 0 Å². The molecule has 13 rings (SSSR count). The Balaban J connectivity index is 1.03. The number of hydrogen-bond acceptors (Lipinski definition) is 1. The molecule has 0 spiro atoms. The second-order valence-electron chi connectivity index (χ2n) is 19.1. The number of benzene rings is 12. The van der Waals surface area contributed by atoms with Crippen molar-refractivity contribution >= 4 is 17.1 Å². The molecule has 12 aromatic rings. The maximum absolute atomic E-state index is 2.48. The van der Waals surface area contributed by atoms with Crippen LogP contribution in [0.4, 0.5) is 17.1 Å². The SMILES string of the molecule is c1ccc(-c2cc(-c3ccccc3)cc(-c3ccc(N(c4ccc5c(c4)C(c4ccccc4)(c4ccccc4)c4ccccc4-5)c4ccccc4-c4ccccc4-c4ccccc4-c4ccccc4)cc3)c2)cc1. The standard InChI is InChI=1S/C73H51N/c1-6-24-52(25-7-1)56-48-57(53-26-8-2-9-27-53)50-58(49-56)54-42-44-61(45-43-54)74(72-41-23-21-39-69(72)66-37-19-18-36-65(66)64-35-17-16-34-63(64)55-28-10-3-11-29-55)62-46-47-68-67-38-20-22-40-70(67)73(71(68)51-62,59-30-12-4-13-31-59)60-32-14-5-15-33-60/h1-51H. The number of fused-ring (bicyclic) bond motifs is 3. The van der Waals surface area contributed by atoms with E-state index in [2.05, 4.69) is 314 Å². The maximum Gasteiger partial charge on any atom is 0.0714 e. The lowest BCUT2D eigenvalue weighted by Gasteiger charge is -2.35. The van der Waals surface area contributed by atoms with Crippen LogP contribution >= 0.6 is 0 Å². The van der Waals surface area contributed by atoms with E-state index in [1.807, 2.05) is 0 Å². The van der Waals surface area contributed by atoms with E-state index in [9.17, 15) is 0 Å². The molecule has 0 amide bonds. The second kappa shape index (κ2) is 19.2. The lowest BCUT2D eigenvalue weighted by Crippen LogP contribution is -2.28. The van der Waals surface area contributed by atoms with Gasteiger partial charge in [0.2, 0.25) is 0 Å². The maximum atomic E-state index is 2.48. The van der Waals surface area contributed by atoms with E-state index < -0.39 is 5.41 Å². The third kappa shape index (κ3) is 7.84. The fourth-order valence-corrected chi connectivity index (χ4v) is 11.6. The summed E-state index contributed by atoms with van der Waals surface area (Å²) >= 11 is 0. The Bertz CT molecular complexity index is 3820. The first-order valence-corrected chi connectivity index (χ1v) is 25.6. The molecule has 0 heterocycles. The van der Waals surface area contributed by atoms with Gasteiger partial charge in [0.25, 0.3) is 0 Å². The summed E-state index contributed by atoms with van der Waals surface area (Å²) in [4.78, 5) is 2.48. The lowest BCUT2D eigenvalue weighted by molar-refractivity contribution is 0.768. The molecule has 1 nitrogen and oxygen atoms in total. The fraction of sp³-hybridized carbons (Fsp3) is 0.0137. The largest absolute Gasteiger partial charge is 0.310 e. The van der Waals surface area contributed by atoms with Crippen molar-refractivity contribution < 1.29 is 0 Å². The summed E-state index contributed by atoms with van der Waals surface area (Å²) in [7, 11) is 0. The molecule has 1 aliphatic carbocycles. The Morgan fingerprint density at radius 1 is 0.203 bits per heavy atom. The Labute approximate surface area is 434 Å². The van der Waals surface area contributed by atoms with Gasteiger partial charge >= 0.3 is 0 Å². The van der Waals surface area contributed by atoms with Gasteiger partial charge in [0.05, 0.1) is 11.1 Å². The van der Waals surface area contributed by atoms with E-state index in [1.165, 1.54) is 83.5 Å². The van der Waals surface area contributed by atoms with Crippen molar-refractivity contribution in [1.82, 2.24) is 0 Å². The predicted octanol–water partition coefficient (Wildman–Crippen LogP) is 19.5. The number of anilines is 3. The highest BCUT2D eigenvalue weighted by molar-refractivity contribution is 5.98. The van der Waals surface area contributed by atoms with E-state index in [4.69, 9.17) is 0 Å². The van der Waals surface area contributed by atoms with Gasteiger partial charge in [-0.05, 0) is 143 Å². The Kier molecular flexibility index (Phi) is 11.5. The van der Waals surface area contributed by atoms with Crippen LogP contribution in [-0.4, -0.2) is 0 Å². The van der Waals surface area contributed by atoms with Gasteiger partial charge < -0.3 is 4.90 Å². The summed E-state index contributed by atoms with van der Waals surface area (Å²) in [6.45, 7) is 0. The zero-order chi connectivity index (χ0) is 49.3. The summed E-state index contributed by atoms with van der Waals surface area (Å²) in [5, 5.41) is 0. The molecule has 0 radical (unpaired) electrons. The van der Waals surface area contributed by atoms with E-state index in [0.29, 0.717) is 0 Å². The summed E-state index contributed by atoms with van der Waals surface area (Å²) in [6, 6.07) is 113. The average molecular weight is 942 g/mol. The monoisotopic (exact) mass is 941 g/mol. The van der Waals surface area contributed by atoms with Gasteiger partial charge in [-0.15, -0.1) is 0 Å². The third-order valence-corrected chi connectivity index (χ3v) is 15.0. The number of nitrogens with zero attached hydrogens (tertiary/aromatic N) is 1. The summed E-state index contributed by atoms with van der Waals surface area (Å²) in [5.41, 5.74) is 24.3. The highest BCUT2D eigenvalue weighted by Gasteiger charge is 2.46. The van der Waals surface area contributed by atoms with Crippen LogP contribution in [0.1, 0.15) is 22.3 Å². The molecule has 0 atom stereocenters. The molecule has 0 unspecified atom stereocenters. The molecule has 0 fully saturated rings. The van der Waals surface area contributed by atoms with Gasteiger partial charge in [0.1, 0.15) is 0 Å². The normalized spacial score (nSPS) is 12.2. The first kappa shape index (κ1) is 44.4. The van der Waals surface area contributed by atoms with Crippen molar-refractivity contribution in [2.24, 2.45) is 0 Å². The average Bonchev–Trinajstić information content (AvgIpc) is 3.79. The van der Waals surface area contributed by atoms with E-state index in [-0.39, 0.29) is 0 Å². The second-order valence-corrected chi connectivity index (χ2v) is 19.1. The first-order chi connectivity index (χ1) is 36.7. The Hall–Kier alpha value is -9.56. The lowest BCUT2D eigenvalue weighted by atomic mass is 9.67. The molecular formula is C73H51N. The number of hydrogen-bond donors (Lipinski definition) is 0. The minimum atomic E-state index is -0.562. The van der Waals surface area contributed by atoms with Crippen LogP contribution < -0.4 is 4.90 Å². The van der Waals surface area contributed by atoms with Gasteiger partial charge in [-0.2, -0.15) is 0 Å². The zero-order valence-electron chi connectivity index (χ0n) is 40.9. The molecule has 74 heavy (non-hydrogen) atoms. The minimum absolute atomic E-state index is 0.562. The molecule has 0 aliphatic heterocycles. The summed E-state index contributed by atoms with van der Waals surface area (Å²) in [5.74, 6) is 0. The molecule has 0 bridgehead atoms. The zero-order valence-corrected chi connectivity index (χ0v) is 40.9. The van der Waals surface area contributed by atoms with E-state index in [1.54, 1.807) is 0 Å². The van der Waals surface area contributed by atoms with Crippen molar-refractivity contribution in [3.8, 4) is 77.9 Å². The predicted molar refractivity (Wildman–Crippen MR) is 311 cm³/mol. The summed E-state index contributed by atoms with van der Waals surface area (Å²) in [6.07, 6.45) is 0. The van der Waals surface area contributed by atoms with Crippen LogP contribution in [0.3, 0.4) is 0 Å². The van der Waals surface area contributed by atoms with Gasteiger partial charge in [-0.25, -0.2) is 0 Å². The molecule has 0 saturated heterocycles. The number of para-hydroxylation sites is 1. The molecule has 1 aliphatic rings. The minimum Gasteiger partial charge on any atom is -0.310 e. The Morgan fingerprint density at radius 3 is 1.11 bits per heavy atom. The quantitative estimate of drug-likeness (QED) is 0.125. The molecule has 1 heteroatoms. The van der Waals surface area contributed by atoms with Crippen LogP contribution in [-0.2, 0) is 5.41 Å². The van der Waals surface area contributed by atoms with Crippen LogP contribution in [0.15, 0.2) is 309 Å². The van der Waals surface area contributed by atoms with Gasteiger partial charge in [0.15, 0.2) is 0 Å². The van der Waals surface area contributed by atoms with Crippen molar-refractivity contribution in [3.63, 3.8) is 0 Å². The van der Waals surface area contributed by atoms with E-state index >= 15 is 0 Å². The molecule has 0 saturated carbocycles. The molecule has 0 N–H and O–H groups in total. The summed E-state index contributed by atoms with van der Waals surface area (Å²) < 4.78 is 0. The topological polar surface area (TPSA) is 3.24 Å². The van der Waals surface area contributed by atoms with Crippen molar-refractivity contribution in [1.29, 1.82) is 0 Å². The fourth-order valence-electron chi connectivity index (χ4n) is 11.6. The van der Waals surface area contributed by atoms with Gasteiger partial charge in [-0.1, -0.05) is 261 Å². The Morgan fingerprint density at radius 2 is 0.568 bits per heavy atom. The van der Waals surface area contributed by atoms with Crippen molar-refractivity contribution in [2.75, 3.05) is 4.90 Å². The molecule has 0 aromatic heterocycles. The van der Waals surface area contributed by atoms with Crippen molar-refractivity contribution in [3.05, 3.63) is 332 Å². The molecule has 348 valence electrons. The van der Waals surface area contributed by atoms with E-state index in [0.717, 1.165) is 33.8 Å². The molecule has 12 aromatic carbocycles. The third-order valence-electron chi connectivity index (χ3n) is 15.0. The van der Waals surface area contributed by atoms with Crippen LogP contribution in [0, 0.1) is 0 Å². The van der Waals surface area contributed by atoms with Crippen molar-refractivity contribution in [2.45, 2.75) is 5.41 Å².